The molecule has 96 valence electrons. The van der Waals surface area contributed by atoms with Crippen LogP contribution in [0.5, 0.6) is 5.75 Å². The molecule has 19 heavy (non-hydrogen) atoms. The maximum atomic E-state index is 9.04. The number of para-hydroxylation sites is 1. The smallest absolute Gasteiger partial charge is 0.119 e. The maximum absolute atomic E-state index is 9.04. The Morgan fingerprint density at radius 3 is 2.68 bits per heavy atom. The molecule has 0 saturated heterocycles. The molecule has 0 aliphatic rings. The Bertz CT molecular complexity index is 578. The molecule has 0 unspecified atom stereocenters. The van der Waals surface area contributed by atoms with Crippen LogP contribution < -0.4 is 10.1 Å². The van der Waals surface area contributed by atoms with Crippen molar-refractivity contribution in [1.82, 2.24) is 0 Å². The highest BCUT2D eigenvalue weighted by molar-refractivity contribution is 9.10. The summed E-state index contributed by atoms with van der Waals surface area (Å²) >= 11 is 3.35. The number of hydrogen-bond donors (Lipinski definition) is 1. The zero-order valence-corrected chi connectivity index (χ0v) is 11.9. The van der Waals surface area contributed by atoms with E-state index in [0.717, 1.165) is 15.9 Å². The predicted octanol–water partition coefficient (Wildman–Crippen LogP) is 3.81. The summed E-state index contributed by atoms with van der Waals surface area (Å²) in [6, 6.07) is 17.4. The average Bonchev–Trinajstić information content (AvgIpc) is 2.46. The molecule has 2 aromatic carbocycles. The summed E-state index contributed by atoms with van der Waals surface area (Å²) in [6.45, 7) is 1.19. The van der Waals surface area contributed by atoms with Crippen molar-refractivity contribution in [3.05, 3.63) is 58.6 Å². The van der Waals surface area contributed by atoms with Crippen molar-refractivity contribution in [2.45, 2.75) is 0 Å². The number of hydrogen-bond acceptors (Lipinski definition) is 3. The second-order valence-corrected chi connectivity index (χ2v) is 4.81. The minimum atomic E-state index is 0.547. The van der Waals surface area contributed by atoms with Gasteiger partial charge in [0.15, 0.2) is 0 Å². The molecule has 0 saturated carbocycles. The molecular weight excluding hydrogens is 304 g/mol. The van der Waals surface area contributed by atoms with Gasteiger partial charge in [-0.25, -0.2) is 0 Å². The molecule has 0 heterocycles. The van der Waals surface area contributed by atoms with Gasteiger partial charge in [0, 0.05) is 11.0 Å². The van der Waals surface area contributed by atoms with Crippen LogP contribution in [0.1, 0.15) is 5.56 Å². The number of halogens is 1. The molecule has 0 atom stereocenters. The van der Waals surface area contributed by atoms with Crippen LogP contribution in [0.3, 0.4) is 0 Å². The third-order valence-corrected chi connectivity index (χ3v) is 3.02. The van der Waals surface area contributed by atoms with Gasteiger partial charge in [0.2, 0.25) is 0 Å². The molecule has 0 amide bonds. The lowest BCUT2D eigenvalue weighted by Gasteiger charge is -2.09. The van der Waals surface area contributed by atoms with E-state index in [4.69, 9.17) is 10.00 Å². The van der Waals surface area contributed by atoms with E-state index in [1.807, 2.05) is 42.5 Å². The number of nitrogens with one attached hydrogen (secondary N) is 1. The fourth-order valence-electron chi connectivity index (χ4n) is 1.63. The summed E-state index contributed by atoms with van der Waals surface area (Å²) in [5.74, 6) is 0.848. The average molecular weight is 317 g/mol. The van der Waals surface area contributed by atoms with E-state index >= 15 is 0 Å². The zero-order chi connectivity index (χ0) is 13.5. The number of nitrogens with zero attached hydrogens (tertiary/aromatic N) is 1. The summed E-state index contributed by atoms with van der Waals surface area (Å²) in [7, 11) is 0. The Balaban J connectivity index is 1.85. The highest BCUT2D eigenvalue weighted by atomic mass is 79.9. The fraction of sp³-hybridized carbons (Fsp3) is 0.133. The Kier molecular flexibility index (Phi) is 4.82. The van der Waals surface area contributed by atoms with E-state index in [1.165, 1.54) is 0 Å². The van der Waals surface area contributed by atoms with Gasteiger partial charge in [-0.15, -0.1) is 0 Å². The molecule has 2 aromatic rings. The number of anilines is 1. The van der Waals surface area contributed by atoms with Crippen LogP contribution >= 0.6 is 15.9 Å². The van der Waals surface area contributed by atoms with Gasteiger partial charge >= 0.3 is 0 Å². The molecule has 3 nitrogen and oxygen atoms in total. The maximum Gasteiger partial charge on any atom is 0.119 e. The molecule has 0 fully saturated rings. The number of rotatable bonds is 5. The molecule has 0 spiro atoms. The Hall–Kier alpha value is -1.99. The van der Waals surface area contributed by atoms with Gasteiger partial charge in [-0.3, -0.25) is 0 Å². The molecule has 1 N–H and O–H groups in total. The Morgan fingerprint density at radius 2 is 1.95 bits per heavy atom. The fourth-order valence-corrected chi connectivity index (χ4v) is 2.00. The van der Waals surface area contributed by atoms with Crippen LogP contribution in [0.2, 0.25) is 0 Å². The first-order valence-corrected chi connectivity index (χ1v) is 6.70. The highest BCUT2D eigenvalue weighted by Gasteiger charge is 2.01. The summed E-state index contributed by atoms with van der Waals surface area (Å²) in [5, 5.41) is 12.2. The van der Waals surface area contributed by atoms with Gasteiger partial charge < -0.3 is 10.1 Å². The third kappa shape index (κ3) is 4.01. The van der Waals surface area contributed by atoms with Crippen LogP contribution in [0.15, 0.2) is 53.0 Å². The molecule has 0 bridgehead atoms. The lowest BCUT2D eigenvalue weighted by atomic mass is 10.2. The minimum Gasteiger partial charge on any atom is -0.492 e. The van der Waals surface area contributed by atoms with Crippen molar-refractivity contribution in [1.29, 1.82) is 5.26 Å². The van der Waals surface area contributed by atoms with Crippen LogP contribution in [0.4, 0.5) is 5.69 Å². The normalized spacial score (nSPS) is 9.68. The lowest BCUT2D eigenvalue weighted by Crippen LogP contribution is -2.12. The van der Waals surface area contributed by atoms with Gasteiger partial charge in [-0.2, -0.15) is 5.26 Å². The van der Waals surface area contributed by atoms with Gasteiger partial charge in [-0.05, 0) is 30.3 Å². The van der Waals surface area contributed by atoms with Crippen molar-refractivity contribution in [3.8, 4) is 11.8 Å². The molecule has 2 rings (SSSR count). The van der Waals surface area contributed by atoms with Crippen molar-refractivity contribution in [3.63, 3.8) is 0 Å². The molecule has 0 aliphatic heterocycles. The standard InChI is InChI=1S/C15H13BrN2O/c16-13-6-7-15(12(10-13)11-17)18-8-9-19-14-4-2-1-3-5-14/h1-7,10,18H,8-9H2. The second-order valence-electron chi connectivity index (χ2n) is 3.89. The van der Waals surface area contributed by atoms with Crippen LogP contribution in [0.25, 0.3) is 0 Å². The topological polar surface area (TPSA) is 45.0 Å². The third-order valence-electron chi connectivity index (χ3n) is 2.53. The van der Waals surface area contributed by atoms with E-state index in [2.05, 4.69) is 27.3 Å². The number of ether oxygens (including phenoxy) is 1. The van der Waals surface area contributed by atoms with Crippen LogP contribution in [0, 0.1) is 11.3 Å². The van der Waals surface area contributed by atoms with Crippen molar-refractivity contribution in [2.75, 3.05) is 18.5 Å². The monoisotopic (exact) mass is 316 g/mol. The Labute approximate surface area is 121 Å². The highest BCUT2D eigenvalue weighted by Crippen LogP contribution is 2.20. The number of nitriles is 1. The molecular formula is C15H13BrN2O. The first kappa shape index (κ1) is 13.4. The van der Waals surface area contributed by atoms with E-state index in [-0.39, 0.29) is 0 Å². The second kappa shape index (κ2) is 6.81. The van der Waals surface area contributed by atoms with Gasteiger partial charge in [0.05, 0.1) is 11.3 Å². The summed E-state index contributed by atoms with van der Waals surface area (Å²) in [5.41, 5.74) is 1.44. The quantitative estimate of drug-likeness (QED) is 0.853. The van der Waals surface area contributed by atoms with E-state index in [0.29, 0.717) is 18.7 Å². The minimum absolute atomic E-state index is 0.547. The van der Waals surface area contributed by atoms with Crippen molar-refractivity contribution < 1.29 is 4.74 Å². The SMILES string of the molecule is N#Cc1cc(Br)ccc1NCCOc1ccccc1. The largest absolute Gasteiger partial charge is 0.492 e. The van der Waals surface area contributed by atoms with Crippen LogP contribution in [-0.2, 0) is 0 Å². The van der Waals surface area contributed by atoms with Crippen molar-refractivity contribution >= 4 is 21.6 Å². The summed E-state index contributed by atoms with van der Waals surface area (Å²) in [4.78, 5) is 0. The predicted molar refractivity (Wildman–Crippen MR) is 79.3 cm³/mol. The van der Waals surface area contributed by atoms with E-state index in [1.54, 1.807) is 6.07 Å². The summed E-state index contributed by atoms with van der Waals surface area (Å²) in [6.07, 6.45) is 0. The summed E-state index contributed by atoms with van der Waals surface area (Å²) < 4.78 is 6.47. The van der Waals surface area contributed by atoms with Gasteiger partial charge in [-0.1, -0.05) is 34.1 Å². The molecule has 0 radical (unpaired) electrons. The first-order valence-electron chi connectivity index (χ1n) is 5.91. The first-order chi connectivity index (χ1) is 9.29. The molecule has 0 aromatic heterocycles. The Morgan fingerprint density at radius 1 is 1.16 bits per heavy atom. The zero-order valence-electron chi connectivity index (χ0n) is 10.3. The van der Waals surface area contributed by atoms with E-state index < -0.39 is 0 Å². The molecule has 4 heteroatoms. The van der Waals surface area contributed by atoms with Gasteiger partial charge in [0.25, 0.3) is 0 Å². The van der Waals surface area contributed by atoms with Gasteiger partial charge in [0.1, 0.15) is 18.4 Å². The van der Waals surface area contributed by atoms with Crippen LogP contribution in [-0.4, -0.2) is 13.2 Å². The van der Waals surface area contributed by atoms with Crippen molar-refractivity contribution in [2.24, 2.45) is 0 Å². The lowest BCUT2D eigenvalue weighted by molar-refractivity contribution is 0.333. The molecule has 0 aliphatic carbocycles. The number of benzene rings is 2. The van der Waals surface area contributed by atoms with E-state index in [9.17, 15) is 0 Å².